The van der Waals surface area contributed by atoms with Gasteiger partial charge in [0.2, 0.25) is 5.91 Å². The van der Waals surface area contributed by atoms with Crippen LogP contribution in [-0.2, 0) is 27.2 Å². The highest BCUT2D eigenvalue weighted by Crippen LogP contribution is 2.08. The molecule has 0 saturated heterocycles. The summed E-state index contributed by atoms with van der Waals surface area (Å²) in [5.74, 6) is -1.13. The van der Waals surface area contributed by atoms with Crippen LogP contribution in [0.25, 0.3) is 0 Å². The molecule has 2 aromatic carbocycles. The van der Waals surface area contributed by atoms with E-state index in [2.05, 4.69) is 5.32 Å². The number of carbonyl (C=O) groups excluding carboxylic acids is 2. The lowest BCUT2D eigenvalue weighted by Crippen LogP contribution is -2.42. The normalized spacial score (nSPS) is 11.6. The van der Waals surface area contributed by atoms with Gasteiger partial charge in [0, 0.05) is 0 Å². The van der Waals surface area contributed by atoms with E-state index in [-0.39, 0.29) is 18.1 Å². The fourth-order valence-corrected chi connectivity index (χ4v) is 2.38. The van der Waals surface area contributed by atoms with Crippen LogP contribution >= 0.6 is 0 Å². The highest BCUT2D eigenvalue weighted by Gasteiger charge is 2.21. The maximum Gasteiger partial charge on any atom is 0.328 e. The molecule has 0 aliphatic heterocycles. The number of ether oxygens (including phenoxy) is 1. The molecule has 4 nitrogen and oxygen atoms in total. The Kier molecular flexibility index (Phi) is 6.49. The van der Waals surface area contributed by atoms with Gasteiger partial charge in [0.05, 0.1) is 13.5 Å². The fourth-order valence-electron chi connectivity index (χ4n) is 2.38. The van der Waals surface area contributed by atoms with Crippen LogP contribution in [0.3, 0.4) is 0 Å². The van der Waals surface area contributed by atoms with E-state index in [1.165, 1.54) is 19.2 Å². The summed E-state index contributed by atoms with van der Waals surface area (Å²) in [6.07, 6.45) is 1.18. The van der Waals surface area contributed by atoms with Gasteiger partial charge >= 0.3 is 5.97 Å². The standard InChI is InChI=1S/C19H20FNO3/c1-24-19(23)17(12-9-14-5-3-2-4-6-14)21-18(22)13-15-7-10-16(20)11-8-15/h2-8,10-11,17H,9,12-13H2,1H3,(H,21,22)/t17-/m1/s1. The zero-order valence-corrected chi connectivity index (χ0v) is 13.5. The molecule has 5 heteroatoms. The maximum atomic E-state index is 12.9. The topological polar surface area (TPSA) is 55.4 Å². The van der Waals surface area contributed by atoms with Gasteiger partial charge in [-0.25, -0.2) is 9.18 Å². The Morgan fingerprint density at radius 3 is 2.33 bits per heavy atom. The lowest BCUT2D eigenvalue weighted by Gasteiger charge is -2.16. The van der Waals surface area contributed by atoms with Crippen molar-refractivity contribution < 1.29 is 18.7 Å². The third-order valence-electron chi connectivity index (χ3n) is 3.66. The number of carbonyl (C=O) groups is 2. The van der Waals surface area contributed by atoms with Gasteiger partial charge in [0.15, 0.2) is 0 Å². The Labute approximate surface area is 140 Å². The molecule has 0 aromatic heterocycles. The third kappa shape index (κ3) is 5.50. The molecule has 0 heterocycles. The summed E-state index contributed by atoms with van der Waals surface area (Å²) in [7, 11) is 1.30. The van der Waals surface area contributed by atoms with Crippen molar-refractivity contribution in [3.05, 3.63) is 71.5 Å². The van der Waals surface area contributed by atoms with Crippen LogP contribution in [0.1, 0.15) is 17.5 Å². The molecule has 24 heavy (non-hydrogen) atoms. The highest BCUT2D eigenvalue weighted by molar-refractivity contribution is 5.85. The largest absolute Gasteiger partial charge is 0.467 e. The predicted molar refractivity (Wildman–Crippen MR) is 88.8 cm³/mol. The van der Waals surface area contributed by atoms with Crippen LogP contribution in [0, 0.1) is 5.82 Å². The van der Waals surface area contributed by atoms with Crippen molar-refractivity contribution in [2.75, 3.05) is 7.11 Å². The molecular formula is C19H20FNO3. The molecule has 0 aliphatic rings. The third-order valence-corrected chi connectivity index (χ3v) is 3.66. The van der Waals surface area contributed by atoms with Crippen LogP contribution in [0.2, 0.25) is 0 Å². The van der Waals surface area contributed by atoms with Crippen LogP contribution < -0.4 is 5.32 Å². The van der Waals surface area contributed by atoms with Crippen LogP contribution in [0.5, 0.6) is 0 Å². The number of nitrogens with one attached hydrogen (secondary N) is 1. The second kappa shape index (κ2) is 8.82. The Morgan fingerprint density at radius 2 is 1.71 bits per heavy atom. The van der Waals surface area contributed by atoms with Gasteiger partial charge in [-0.3, -0.25) is 4.79 Å². The fraction of sp³-hybridized carbons (Fsp3) is 0.263. The molecule has 0 unspecified atom stereocenters. The molecule has 0 saturated carbocycles. The SMILES string of the molecule is COC(=O)[C@@H](CCc1ccccc1)NC(=O)Cc1ccc(F)cc1. The first kappa shape index (κ1) is 17.7. The summed E-state index contributed by atoms with van der Waals surface area (Å²) in [4.78, 5) is 24.0. The molecule has 2 aromatic rings. The Hall–Kier alpha value is -2.69. The van der Waals surface area contributed by atoms with Crippen molar-refractivity contribution in [1.82, 2.24) is 5.32 Å². The molecule has 1 atom stereocenters. The summed E-state index contributed by atoms with van der Waals surface area (Å²) in [5.41, 5.74) is 1.76. The molecule has 0 spiro atoms. The summed E-state index contributed by atoms with van der Waals surface area (Å²) < 4.78 is 17.7. The average molecular weight is 329 g/mol. The molecule has 1 N–H and O–H groups in total. The Bertz CT molecular complexity index is 671. The van der Waals surface area contributed by atoms with E-state index < -0.39 is 12.0 Å². The maximum absolute atomic E-state index is 12.9. The van der Waals surface area contributed by atoms with Crippen molar-refractivity contribution in [3.63, 3.8) is 0 Å². The van der Waals surface area contributed by atoms with Gasteiger partial charge in [-0.05, 0) is 36.1 Å². The molecule has 1 amide bonds. The van der Waals surface area contributed by atoms with Crippen molar-refractivity contribution in [2.45, 2.75) is 25.3 Å². The molecule has 0 fully saturated rings. The lowest BCUT2D eigenvalue weighted by atomic mass is 10.0. The molecule has 2 rings (SSSR count). The minimum absolute atomic E-state index is 0.0825. The van der Waals surface area contributed by atoms with E-state index >= 15 is 0 Å². The Morgan fingerprint density at radius 1 is 1.04 bits per heavy atom. The summed E-state index contributed by atoms with van der Waals surface area (Å²) in [5, 5.41) is 2.69. The van der Waals surface area contributed by atoms with E-state index in [4.69, 9.17) is 4.74 Å². The second-order valence-electron chi connectivity index (χ2n) is 5.47. The van der Waals surface area contributed by atoms with E-state index in [9.17, 15) is 14.0 Å². The van der Waals surface area contributed by atoms with Crippen LogP contribution in [-0.4, -0.2) is 25.0 Å². The van der Waals surface area contributed by atoms with Gasteiger partial charge in [-0.15, -0.1) is 0 Å². The number of halogens is 1. The first-order valence-corrected chi connectivity index (χ1v) is 7.74. The van der Waals surface area contributed by atoms with E-state index in [0.29, 0.717) is 18.4 Å². The van der Waals surface area contributed by atoms with E-state index in [1.54, 1.807) is 12.1 Å². The Balaban J connectivity index is 1.93. The monoisotopic (exact) mass is 329 g/mol. The highest BCUT2D eigenvalue weighted by atomic mass is 19.1. The average Bonchev–Trinajstić information content (AvgIpc) is 2.60. The first-order chi connectivity index (χ1) is 11.6. The number of rotatable bonds is 7. The van der Waals surface area contributed by atoms with Gasteiger partial charge in [0.1, 0.15) is 11.9 Å². The van der Waals surface area contributed by atoms with Crippen molar-refractivity contribution in [3.8, 4) is 0 Å². The summed E-state index contributed by atoms with van der Waals surface area (Å²) in [6, 6.07) is 14.7. The second-order valence-corrected chi connectivity index (χ2v) is 5.47. The number of esters is 1. The lowest BCUT2D eigenvalue weighted by molar-refractivity contribution is -0.145. The van der Waals surface area contributed by atoms with Gasteiger partial charge in [-0.2, -0.15) is 0 Å². The number of methoxy groups -OCH3 is 1. The zero-order chi connectivity index (χ0) is 17.4. The van der Waals surface area contributed by atoms with Crippen LogP contribution in [0.4, 0.5) is 4.39 Å². The molecule has 0 radical (unpaired) electrons. The van der Waals surface area contributed by atoms with Crippen molar-refractivity contribution >= 4 is 11.9 Å². The van der Waals surface area contributed by atoms with E-state index in [1.807, 2.05) is 30.3 Å². The molecular weight excluding hydrogens is 309 g/mol. The molecule has 0 aliphatic carbocycles. The minimum Gasteiger partial charge on any atom is -0.467 e. The van der Waals surface area contributed by atoms with Gasteiger partial charge in [0.25, 0.3) is 0 Å². The summed E-state index contributed by atoms with van der Waals surface area (Å²) >= 11 is 0. The molecule has 0 bridgehead atoms. The zero-order valence-electron chi connectivity index (χ0n) is 13.5. The molecule has 126 valence electrons. The van der Waals surface area contributed by atoms with Crippen LogP contribution in [0.15, 0.2) is 54.6 Å². The van der Waals surface area contributed by atoms with Gasteiger partial charge < -0.3 is 10.1 Å². The number of hydrogen-bond acceptors (Lipinski definition) is 3. The number of benzene rings is 2. The predicted octanol–water partition coefficient (Wildman–Crippen LogP) is 2.66. The van der Waals surface area contributed by atoms with Crippen molar-refractivity contribution in [1.29, 1.82) is 0 Å². The summed E-state index contributed by atoms with van der Waals surface area (Å²) in [6.45, 7) is 0. The quantitative estimate of drug-likeness (QED) is 0.795. The van der Waals surface area contributed by atoms with E-state index in [0.717, 1.165) is 5.56 Å². The van der Waals surface area contributed by atoms with Crippen molar-refractivity contribution in [2.24, 2.45) is 0 Å². The smallest absolute Gasteiger partial charge is 0.328 e. The number of hydrogen-bond donors (Lipinski definition) is 1. The van der Waals surface area contributed by atoms with Gasteiger partial charge in [-0.1, -0.05) is 42.5 Å². The number of amides is 1. The first-order valence-electron chi connectivity index (χ1n) is 7.74. The number of aryl methyl sites for hydroxylation is 1. The minimum atomic E-state index is -0.705.